The molecule has 0 aromatic carbocycles. The second-order valence-corrected chi connectivity index (χ2v) is 23.1. The van der Waals surface area contributed by atoms with Crippen LogP contribution in [0.1, 0.15) is 0 Å². The Morgan fingerprint density at radius 2 is 1.13 bits per heavy atom. The SMILES string of the molecule is C[SiH](C)N1[Si](C)(C)N[Si](C)(C)N[Si]1(C)C. The average Bonchev–Trinajstić information content (AvgIpc) is 1.71. The predicted octanol–water partition coefficient (Wildman–Crippen LogP) is 1.57. The van der Waals surface area contributed by atoms with Crippen molar-refractivity contribution in [3.63, 3.8) is 0 Å². The Morgan fingerprint density at radius 3 is 1.40 bits per heavy atom. The van der Waals surface area contributed by atoms with Gasteiger partial charge in [-0.25, -0.2) is 0 Å². The van der Waals surface area contributed by atoms with E-state index in [-0.39, 0.29) is 0 Å². The summed E-state index contributed by atoms with van der Waals surface area (Å²) in [6.07, 6.45) is 0. The van der Waals surface area contributed by atoms with Gasteiger partial charge in [-0.2, -0.15) is 0 Å². The van der Waals surface area contributed by atoms with Crippen molar-refractivity contribution in [3.05, 3.63) is 0 Å². The van der Waals surface area contributed by atoms with E-state index in [4.69, 9.17) is 0 Å². The molecule has 0 spiro atoms. The molecule has 0 amide bonds. The summed E-state index contributed by atoms with van der Waals surface area (Å²) < 4.78 is 10.9. The first-order chi connectivity index (χ1) is 6.48. The number of hydrogen-bond acceptors (Lipinski definition) is 3. The van der Waals surface area contributed by atoms with Crippen LogP contribution in [0, 0.1) is 0 Å². The van der Waals surface area contributed by atoms with Crippen molar-refractivity contribution in [3.8, 4) is 0 Å². The fourth-order valence-electron chi connectivity index (χ4n) is 3.67. The van der Waals surface area contributed by atoms with E-state index < -0.39 is 34.1 Å². The molecule has 2 N–H and O–H groups in total. The maximum absolute atomic E-state index is 3.98. The Kier molecular flexibility index (Phi) is 3.59. The summed E-state index contributed by atoms with van der Waals surface area (Å²) in [6.45, 7) is 19.7. The van der Waals surface area contributed by atoms with Crippen LogP contribution in [0.5, 0.6) is 0 Å². The van der Waals surface area contributed by atoms with Gasteiger partial charge in [-0.3, -0.25) is 0 Å². The van der Waals surface area contributed by atoms with Crippen LogP contribution in [0.3, 0.4) is 0 Å². The predicted molar refractivity (Wildman–Crippen MR) is 79.4 cm³/mol. The lowest BCUT2D eigenvalue weighted by atomic mass is 11.9. The molecule has 0 aliphatic carbocycles. The molecule has 0 atom stereocenters. The highest BCUT2D eigenvalue weighted by molar-refractivity contribution is 7.09. The molecule has 0 aromatic heterocycles. The summed E-state index contributed by atoms with van der Waals surface area (Å²) >= 11 is 0. The monoisotopic (exact) mass is 277 g/mol. The van der Waals surface area contributed by atoms with Gasteiger partial charge in [0.25, 0.3) is 0 Å². The van der Waals surface area contributed by atoms with E-state index in [0.29, 0.717) is 0 Å². The Hall–Kier alpha value is 0.748. The zero-order valence-electron chi connectivity index (χ0n) is 11.5. The van der Waals surface area contributed by atoms with Gasteiger partial charge in [0.1, 0.15) is 0 Å². The molecule has 1 aliphatic heterocycles. The van der Waals surface area contributed by atoms with E-state index in [9.17, 15) is 0 Å². The third kappa shape index (κ3) is 2.90. The van der Waals surface area contributed by atoms with Crippen molar-refractivity contribution < 1.29 is 0 Å². The van der Waals surface area contributed by atoms with Crippen LogP contribution in [-0.2, 0) is 0 Å². The first-order valence-corrected chi connectivity index (χ1v) is 17.6. The van der Waals surface area contributed by atoms with Crippen LogP contribution in [0.15, 0.2) is 0 Å². The van der Waals surface area contributed by atoms with Crippen LogP contribution in [0.2, 0.25) is 52.4 Å². The molecule has 0 aromatic rings. The molecule has 90 valence electrons. The highest BCUT2D eigenvalue weighted by Crippen LogP contribution is 2.24. The quantitative estimate of drug-likeness (QED) is 0.713. The van der Waals surface area contributed by atoms with Crippen molar-refractivity contribution in [1.82, 2.24) is 13.2 Å². The average molecular weight is 278 g/mol. The topological polar surface area (TPSA) is 27.3 Å². The van der Waals surface area contributed by atoms with Gasteiger partial charge in [0.15, 0.2) is 25.2 Å². The Morgan fingerprint density at radius 1 is 0.800 bits per heavy atom. The molecule has 15 heavy (non-hydrogen) atoms. The van der Waals surface area contributed by atoms with E-state index in [1.165, 1.54) is 0 Å². The van der Waals surface area contributed by atoms with Gasteiger partial charge >= 0.3 is 0 Å². The summed E-state index contributed by atoms with van der Waals surface area (Å²) in [7, 11) is -4.75. The lowest BCUT2D eigenvalue weighted by Gasteiger charge is -2.58. The van der Waals surface area contributed by atoms with Gasteiger partial charge in [0.2, 0.25) is 0 Å². The van der Waals surface area contributed by atoms with Crippen LogP contribution < -0.4 is 9.30 Å². The molecule has 1 aliphatic rings. The molecule has 0 unspecified atom stereocenters. The molecule has 1 rings (SSSR count). The normalized spacial score (nSPS) is 29.4. The van der Waals surface area contributed by atoms with E-state index >= 15 is 0 Å². The molecule has 0 saturated carbocycles. The maximum Gasteiger partial charge on any atom is 0.183 e. The van der Waals surface area contributed by atoms with E-state index in [1.807, 2.05) is 0 Å². The Balaban J connectivity index is 3.07. The fraction of sp³-hybridized carbons (Fsp3) is 1.00. The molecule has 3 nitrogen and oxygen atoms in total. The first-order valence-electron chi connectivity index (χ1n) is 5.86. The van der Waals surface area contributed by atoms with Crippen molar-refractivity contribution in [2.75, 3.05) is 0 Å². The maximum atomic E-state index is 3.98. The molecule has 0 radical (unpaired) electrons. The lowest BCUT2D eigenvalue weighted by Crippen LogP contribution is -2.89. The third-order valence-electron chi connectivity index (χ3n) is 2.96. The van der Waals surface area contributed by atoms with E-state index in [0.717, 1.165) is 0 Å². The van der Waals surface area contributed by atoms with Gasteiger partial charge in [0, 0.05) is 0 Å². The second kappa shape index (κ2) is 3.90. The number of rotatable bonds is 1. The summed E-state index contributed by atoms with van der Waals surface area (Å²) in [5, 5.41) is 0. The summed E-state index contributed by atoms with van der Waals surface area (Å²) in [5.74, 6) is 0. The number of nitrogens with zero attached hydrogens (tertiary/aromatic N) is 1. The van der Waals surface area contributed by atoms with Crippen LogP contribution in [-0.4, -0.2) is 38.0 Å². The second-order valence-electron chi connectivity index (χ2n) is 6.46. The summed E-state index contributed by atoms with van der Waals surface area (Å²) in [5.41, 5.74) is 0. The van der Waals surface area contributed by atoms with Crippen LogP contribution in [0.4, 0.5) is 0 Å². The zero-order chi connectivity index (χ0) is 12.1. The lowest BCUT2D eigenvalue weighted by molar-refractivity contribution is 0.828. The first kappa shape index (κ1) is 13.8. The minimum absolute atomic E-state index is 0.706. The Labute approximate surface area is 99.8 Å². The fourth-order valence-corrected chi connectivity index (χ4v) is 35.8. The van der Waals surface area contributed by atoms with Crippen molar-refractivity contribution in [2.45, 2.75) is 52.4 Å². The van der Waals surface area contributed by atoms with Crippen LogP contribution in [0.25, 0.3) is 0 Å². The van der Waals surface area contributed by atoms with Crippen molar-refractivity contribution in [1.29, 1.82) is 0 Å². The molecule has 7 heteroatoms. The third-order valence-corrected chi connectivity index (χ3v) is 26.6. The molecule has 1 heterocycles. The van der Waals surface area contributed by atoms with Gasteiger partial charge in [0.05, 0.1) is 8.96 Å². The molecular weight excluding hydrogens is 250 g/mol. The summed E-state index contributed by atoms with van der Waals surface area (Å²) in [6, 6.07) is 0. The van der Waals surface area contributed by atoms with E-state index in [1.54, 1.807) is 0 Å². The Bertz CT molecular complexity index is 232. The number of nitrogens with one attached hydrogen (secondary N) is 2. The molecular formula is C8H27N3Si4. The highest BCUT2D eigenvalue weighted by Gasteiger charge is 2.51. The van der Waals surface area contributed by atoms with Crippen molar-refractivity contribution >= 4 is 34.1 Å². The van der Waals surface area contributed by atoms with Gasteiger partial charge in [-0.1, -0.05) is 13.1 Å². The molecule has 1 saturated heterocycles. The smallest absolute Gasteiger partial charge is 0.183 e. The molecule has 0 bridgehead atoms. The standard InChI is InChI=1S/C8H27N3Si4/c1-12(2)11-14(5,6)9-13(3,4)10-15(11,7)8/h9-10,12H,1-8H3. The minimum atomic E-state index is -1.35. The molecule has 1 fully saturated rings. The summed E-state index contributed by atoms with van der Waals surface area (Å²) in [4.78, 5) is 0. The van der Waals surface area contributed by atoms with Gasteiger partial charge in [-0.15, -0.1) is 0 Å². The largest absolute Gasteiger partial charge is 0.348 e. The van der Waals surface area contributed by atoms with Gasteiger partial charge in [-0.05, 0) is 39.3 Å². The highest BCUT2D eigenvalue weighted by atomic mass is 28.5. The minimum Gasteiger partial charge on any atom is -0.348 e. The van der Waals surface area contributed by atoms with Gasteiger partial charge < -0.3 is 13.2 Å². The van der Waals surface area contributed by atoms with Crippen molar-refractivity contribution in [2.24, 2.45) is 0 Å². The number of hydrogen-bond donors (Lipinski definition) is 2. The van der Waals surface area contributed by atoms with E-state index in [2.05, 4.69) is 65.6 Å². The zero-order valence-corrected chi connectivity index (χ0v) is 15.7. The van der Waals surface area contributed by atoms with Crippen LogP contribution >= 0.6 is 0 Å².